The van der Waals surface area contributed by atoms with E-state index in [9.17, 15) is 4.79 Å². The lowest BCUT2D eigenvalue weighted by atomic mass is 9.87. The summed E-state index contributed by atoms with van der Waals surface area (Å²) in [6.45, 7) is 8.54. The molecule has 0 atom stereocenters. The minimum Gasteiger partial charge on any atom is -0.354 e. The Morgan fingerprint density at radius 2 is 1.48 bits per heavy atom. The number of pyridine rings is 1. The number of aromatic nitrogens is 1. The fraction of sp³-hybridized carbons (Fsp3) is 0.217. The summed E-state index contributed by atoms with van der Waals surface area (Å²) in [5.41, 5.74) is 5.52. The molecule has 0 unspecified atom stereocenters. The van der Waals surface area contributed by atoms with Crippen LogP contribution in [0.1, 0.15) is 42.3 Å². The molecule has 3 rings (SSSR count). The van der Waals surface area contributed by atoms with Gasteiger partial charge in [-0.15, -0.1) is 0 Å². The van der Waals surface area contributed by atoms with Crippen LogP contribution in [0.15, 0.2) is 67.0 Å². The van der Waals surface area contributed by atoms with E-state index in [1.54, 1.807) is 18.5 Å². The van der Waals surface area contributed by atoms with Crippen molar-refractivity contribution in [1.82, 2.24) is 4.98 Å². The van der Waals surface area contributed by atoms with Crippen LogP contribution in [-0.4, -0.2) is 10.9 Å². The van der Waals surface area contributed by atoms with Gasteiger partial charge in [0, 0.05) is 17.6 Å². The maximum absolute atomic E-state index is 12.6. The molecule has 0 aliphatic carbocycles. The Kier molecular flexibility index (Phi) is 5.26. The molecule has 27 heavy (non-hydrogen) atoms. The highest BCUT2D eigenvalue weighted by molar-refractivity contribution is 6.04. The lowest BCUT2D eigenvalue weighted by Gasteiger charge is -2.19. The van der Waals surface area contributed by atoms with Crippen molar-refractivity contribution in [3.63, 3.8) is 0 Å². The molecule has 138 valence electrons. The third kappa shape index (κ3) is 4.94. The third-order valence-corrected chi connectivity index (χ3v) is 4.35. The van der Waals surface area contributed by atoms with E-state index >= 15 is 0 Å². The van der Waals surface area contributed by atoms with Gasteiger partial charge in [-0.2, -0.15) is 0 Å². The van der Waals surface area contributed by atoms with E-state index in [4.69, 9.17) is 0 Å². The summed E-state index contributed by atoms with van der Waals surface area (Å²) in [5.74, 6) is -0.182. The van der Waals surface area contributed by atoms with Crippen molar-refractivity contribution >= 4 is 23.0 Å². The zero-order valence-corrected chi connectivity index (χ0v) is 16.2. The number of anilines is 3. The number of nitrogens with zero attached hydrogens (tertiary/aromatic N) is 1. The first-order chi connectivity index (χ1) is 12.8. The van der Waals surface area contributed by atoms with E-state index in [1.807, 2.05) is 55.5 Å². The molecule has 1 aromatic heterocycles. The number of hydrogen-bond donors (Lipinski definition) is 2. The van der Waals surface area contributed by atoms with Gasteiger partial charge in [0.15, 0.2) is 0 Å². The molecule has 0 fully saturated rings. The molecule has 4 heteroatoms. The highest BCUT2D eigenvalue weighted by Gasteiger charge is 2.13. The molecule has 2 aromatic carbocycles. The van der Waals surface area contributed by atoms with Gasteiger partial charge in [0.05, 0.1) is 17.4 Å². The van der Waals surface area contributed by atoms with Gasteiger partial charge in [0.1, 0.15) is 0 Å². The van der Waals surface area contributed by atoms with E-state index in [1.165, 1.54) is 11.1 Å². The van der Waals surface area contributed by atoms with Crippen molar-refractivity contribution in [3.8, 4) is 0 Å². The smallest absolute Gasteiger partial charge is 0.257 e. The Morgan fingerprint density at radius 1 is 0.852 bits per heavy atom. The Bertz CT molecular complexity index is 923. The molecule has 0 spiro atoms. The largest absolute Gasteiger partial charge is 0.354 e. The Hall–Kier alpha value is -3.14. The SMILES string of the molecule is Cc1ccc(Nc2cncc(C(=O)Nc3ccc(C(C)(C)C)cc3)c2)cc1. The molecular weight excluding hydrogens is 334 g/mol. The quantitative estimate of drug-likeness (QED) is 0.630. The van der Waals surface area contributed by atoms with Gasteiger partial charge < -0.3 is 10.6 Å². The van der Waals surface area contributed by atoms with Gasteiger partial charge in [-0.3, -0.25) is 9.78 Å². The van der Waals surface area contributed by atoms with Crippen molar-refractivity contribution in [2.24, 2.45) is 0 Å². The molecule has 1 amide bonds. The van der Waals surface area contributed by atoms with Crippen LogP contribution in [0.3, 0.4) is 0 Å². The van der Waals surface area contributed by atoms with E-state index in [-0.39, 0.29) is 11.3 Å². The van der Waals surface area contributed by atoms with Crippen LogP contribution < -0.4 is 10.6 Å². The third-order valence-electron chi connectivity index (χ3n) is 4.35. The number of amides is 1. The van der Waals surface area contributed by atoms with Crippen molar-refractivity contribution in [2.75, 3.05) is 10.6 Å². The minimum absolute atomic E-state index is 0.0858. The van der Waals surface area contributed by atoms with Crippen LogP contribution in [-0.2, 0) is 5.41 Å². The monoisotopic (exact) mass is 359 g/mol. The average Bonchev–Trinajstić information content (AvgIpc) is 2.63. The lowest BCUT2D eigenvalue weighted by Crippen LogP contribution is -2.14. The average molecular weight is 359 g/mol. The Morgan fingerprint density at radius 3 is 2.11 bits per heavy atom. The summed E-state index contributed by atoms with van der Waals surface area (Å²) >= 11 is 0. The van der Waals surface area contributed by atoms with E-state index < -0.39 is 0 Å². The summed E-state index contributed by atoms with van der Waals surface area (Å²) in [7, 11) is 0. The fourth-order valence-electron chi connectivity index (χ4n) is 2.69. The molecule has 0 radical (unpaired) electrons. The summed E-state index contributed by atoms with van der Waals surface area (Å²) < 4.78 is 0. The summed E-state index contributed by atoms with van der Waals surface area (Å²) in [6, 6.07) is 17.8. The predicted molar refractivity (Wildman–Crippen MR) is 112 cm³/mol. The van der Waals surface area contributed by atoms with Gasteiger partial charge >= 0.3 is 0 Å². The molecule has 4 nitrogen and oxygen atoms in total. The predicted octanol–water partition coefficient (Wildman–Crippen LogP) is 5.68. The van der Waals surface area contributed by atoms with Gasteiger partial charge in [0.2, 0.25) is 0 Å². The van der Waals surface area contributed by atoms with Gasteiger partial charge in [-0.1, -0.05) is 50.6 Å². The molecule has 1 heterocycles. The number of nitrogens with one attached hydrogen (secondary N) is 2. The zero-order chi connectivity index (χ0) is 19.4. The maximum atomic E-state index is 12.6. The van der Waals surface area contributed by atoms with Crippen molar-refractivity contribution in [2.45, 2.75) is 33.1 Å². The lowest BCUT2D eigenvalue weighted by molar-refractivity contribution is 0.102. The van der Waals surface area contributed by atoms with E-state index in [2.05, 4.69) is 36.4 Å². The molecule has 2 N–H and O–H groups in total. The van der Waals surface area contributed by atoms with Crippen LogP contribution >= 0.6 is 0 Å². The number of benzene rings is 2. The number of rotatable bonds is 4. The first-order valence-electron chi connectivity index (χ1n) is 9.02. The van der Waals surface area contributed by atoms with Crippen molar-refractivity contribution in [3.05, 3.63) is 83.7 Å². The number of aryl methyl sites for hydroxylation is 1. The molecule has 0 saturated carbocycles. The second-order valence-electron chi connectivity index (χ2n) is 7.73. The normalized spacial score (nSPS) is 11.1. The Balaban J connectivity index is 1.70. The molecule has 0 aliphatic rings. The van der Waals surface area contributed by atoms with Crippen LogP contribution in [0, 0.1) is 6.92 Å². The highest BCUT2D eigenvalue weighted by Crippen LogP contribution is 2.24. The second kappa shape index (κ2) is 7.62. The number of carbonyl (C=O) groups excluding carboxylic acids is 1. The molecule has 3 aromatic rings. The first kappa shape index (κ1) is 18.6. The van der Waals surface area contributed by atoms with Crippen molar-refractivity contribution < 1.29 is 4.79 Å². The van der Waals surface area contributed by atoms with E-state index in [0.29, 0.717) is 5.56 Å². The Labute approximate surface area is 160 Å². The highest BCUT2D eigenvalue weighted by atomic mass is 16.1. The summed E-state index contributed by atoms with van der Waals surface area (Å²) in [5, 5.41) is 6.20. The van der Waals surface area contributed by atoms with E-state index in [0.717, 1.165) is 17.1 Å². The molecular formula is C23H25N3O. The van der Waals surface area contributed by atoms with Gasteiger partial charge in [0.25, 0.3) is 5.91 Å². The second-order valence-corrected chi connectivity index (χ2v) is 7.73. The summed E-state index contributed by atoms with van der Waals surface area (Å²) in [6.07, 6.45) is 3.27. The molecule has 0 bridgehead atoms. The molecule has 0 aliphatic heterocycles. The van der Waals surface area contributed by atoms with Crippen LogP contribution in [0.25, 0.3) is 0 Å². The molecule has 0 saturated heterocycles. The standard InChI is InChI=1S/C23H25N3O/c1-16-5-9-19(10-6-16)25-21-13-17(14-24-15-21)22(27)26-20-11-7-18(8-12-20)23(2,3)4/h5-15,25H,1-4H3,(H,26,27). The summed E-state index contributed by atoms with van der Waals surface area (Å²) in [4.78, 5) is 16.8. The van der Waals surface area contributed by atoms with Crippen LogP contribution in [0.5, 0.6) is 0 Å². The van der Waals surface area contributed by atoms with Gasteiger partial charge in [-0.05, 0) is 48.2 Å². The fourth-order valence-corrected chi connectivity index (χ4v) is 2.69. The van der Waals surface area contributed by atoms with Crippen molar-refractivity contribution in [1.29, 1.82) is 0 Å². The maximum Gasteiger partial charge on any atom is 0.257 e. The minimum atomic E-state index is -0.182. The topological polar surface area (TPSA) is 54.0 Å². The van der Waals surface area contributed by atoms with Crippen LogP contribution in [0.2, 0.25) is 0 Å². The first-order valence-corrected chi connectivity index (χ1v) is 9.02. The van der Waals surface area contributed by atoms with Crippen LogP contribution in [0.4, 0.5) is 17.1 Å². The number of hydrogen-bond acceptors (Lipinski definition) is 3. The number of carbonyl (C=O) groups is 1. The zero-order valence-electron chi connectivity index (χ0n) is 16.2. The van der Waals surface area contributed by atoms with Gasteiger partial charge in [-0.25, -0.2) is 0 Å².